The molecule has 0 atom stereocenters. The molecule has 9 aromatic rings. The molecule has 1 radical (unpaired) electrons. The zero-order valence-electron chi connectivity index (χ0n) is 29.3. The van der Waals surface area contributed by atoms with Crippen molar-refractivity contribution in [3.8, 4) is 55.9 Å². The third-order valence-electron chi connectivity index (χ3n) is 9.14. The van der Waals surface area contributed by atoms with Crippen LogP contribution in [-0.4, -0.2) is 19.9 Å². The van der Waals surface area contributed by atoms with Gasteiger partial charge in [-0.1, -0.05) is 67.1 Å². The summed E-state index contributed by atoms with van der Waals surface area (Å²) in [6.07, 6.45) is 9.32. The van der Waals surface area contributed by atoms with Gasteiger partial charge in [0.2, 0.25) is 0 Å². The van der Waals surface area contributed by atoms with E-state index in [1.807, 2.05) is 91.5 Å². The molecule has 4 nitrogen and oxygen atoms in total. The van der Waals surface area contributed by atoms with Crippen molar-refractivity contribution >= 4 is 21.7 Å². The molecule has 0 bridgehead atoms. The van der Waals surface area contributed by atoms with Crippen molar-refractivity contribution in [2.24, 2.45) is 0 Å². The van der Waals surface area contributed by atoms with Gasteiger partial charge in [-0.15, -0.1) is 65.2 Å². The fourth-order valence-electron chi connectivity index (χ4n) is 6.60. The standard InChI is InChI=1S/C37H26N3.C11H8N.Ir/c1-24-16-30(23-38-22-24)27-17-28(34-20-26(13-12-25(34)2)36-11-5-6-14-39-36)19-29(18-27)35-21-37-33(10-7-15-40-37)31-8-3-4-9-32(31)35;1-2-6-10(7-3-1)11-8-4-5-9-12-11;/h3-12,14-23H,1-2H3;1-6,8-9H;/q2*-1;. The molecule has 5 heteroatoms. The van der Waals surface area contributed by atoms with Gasteiger partial charge in [0.25, 0.3) is 0 Å². The summed E-state index contributed by atoms with van der Waals surface area (Å²) in [4.78, 5) is 18.0. The first kappa shape index (κ1) is 35.3. The van der Waals surface area contributed by atoms with Gasteiger partial charge in [-0.2, -0.15) is 0 Å². The van der Waals surface area contributed by atoms with E-state index in [9.17, 15) is 0 Å². The summed E-state index contributed by atoms with van der Waals surface area (Å²) in [7, 11) is 0. The van der Waals surface area contributed by atoms with Crippen LogP contribution in [0.2, 0.25) is 0 Å². The quantitative estimate of drug-likeness (QED) is 0.128. The fraction of sp³-hybridized carbons (Fsp3) is 0.0417. The second-order valence-electron chi connectivity index (χ2n) is 12.7. The van der Waals surface area contributed by atoms with Crippen molar-refractivity contribution in [1.29, 1.82) is 0 Å². The molecular formula is C48H34IrN4-2. The zero-order valence-corrected chi connectivity index (χ0v) is 31.7. The van der Waals surface area contributed by atoms with Crippen molar-refractivity contribution in [1.82, 2.24) is 19.9 Å². The van der Waals surface area contributed by atoms with Crippen LogP contribution in [0.5, 0.6) is 0 Å². The average Bonchev–Trinajstić information content (AvgIpc) is 3.22. The van der Waals surface area contributed by atoms with Crippen LogP contribution in [0, 0.1) is 26.0 Å². The minimum atomic E-state index is 0. The maximum absolute atomic E-state index is 4.73. The molecule has 0 N–H and O–H groups in total. The number of aryl methyl sites for hydroxylation is 2. The molecule has 4 heterocycles. The molecule has 4 aromatic heterocycles. The van der Waals surface area contributed by atoms with E-state index in [1.54, 1.807) is 6.20 Å². The Hall–Kier alpha value is -6.13. The van der Waals surface area contributed by atoms with Crippen molar-refractivity contribution in [2.45, 2.75) is 13.8 Å². The molecule has 53 heavy (non-hydrogen) atoms. The van der Waals surface area contributed by atoms with Crippen molar-refractivity contribution < 1.29 is 20.1 Å². The summed E-state index contributed by atoms with van der Waals surface area (Å²) in [5.74, 6) is 0. The van der Waals surface area contributed by atoms with E-state index in [-0.39, 0.29) is 20.1 Å². The summed E-state index contributed by atoms with van der Waals surface area (Å²) in [5, 5.41) is 3.58. The molecule has 0 spiro atoms. The Morgan fingerprint density at radius 3 is 1.85 bits per heavy atom. The van der Waals surface area contributed by atoms with Crippen molar-refractivity contribution in [3.05, 3.63) is 194 Å². The number of fused-ring (bicyclic) bond motifs is 3. The van der Waals surface area contributed by atoms with Crippen LogP contribution in [0.4, 0.5) is 0 Å². The van der Waals surface area contributed by atoms with Gasteiger partial charge in [-0.25, -0.2) is 0 Å². The van der Waals surface area contributed by atoms with Crippen molar-refractivity contribution in [2.75, 3.05) is 0 Å². The largest absolute Gasteiger partial charge is 0.305 e. The molecule has 0 saturated heterocycles. The molecule has 0 unspecified atom stereocenters. The van der Waals surface area contributed by atoms with E-state index in [1.165, 1.54) is 10.8 Å². The van der Waals surface area contributed by atoms with Crippen LogP contribution in [0.1, 0.15) is 11.1 Å². The summed E-state index contributed by atoms with van der Waals surface area (Å²) < 4.78 is 0. The molecule has 0 fully saturated rings. The van der Waals surface area contributed by atoms with E-state index in [2.05, 4.69) is 114 Å². The molecule has 0 aliphatic heterocycles. The molecule has 0 amide bonds. The summed E-state index contributed by atoms with van der Waals surface area (Å²) in [6.45, 7) is 4.23. The minimum absolute atomic E-state index is 0. The maximum Gasteiger partial charge on any atom is 0.0714 e. The number of hydrogen-bond acceptors (Lipinski definition) is 4. The van der Waals surface area contributed by atoms with Gasteiger partial charge >= 0.3 is 0 Å². The Bertz CT molecular complexity index is 2610. The number of nitrogens with zero attached hydrogens (tertiary/aromatic N) is 4. The van der Waals surface area contributed by atoms with Crippen molar-refractivity contribution in [3.63, 3.8) is 0 Å². The molecule has 0 saturated carbocycles. The molecule has 257 valence electrons. The van der Waals surface area contributed by atoms with E-state index < -0.39 is 0 Å². The Labute approximate surface area is 323 Å². The Kier molecular flexibility index (Phi) is 10.7. The molecule has 0 aliphatic rings. The van der Waals surface area contributed by atoms with Crippen LogP contribution in [0.15, 0.2) is 171 Å². The Balaban J connectivity index is 0.000000284. The van der Waals surface area contributed by atoms with Crippen LogP contribution < -0.4 is 0 Å². The van der Waals surface area contributed by atoms with Crippen LogP contribution in [-0.2, 0) is 20.1 Å². The van der Waals surface area contributed by atoms with E-state index >= 15 is 0 Å². The Morgan fingerprint density at radius 1 is 0.472 bits per heavy atom. The fourth-order valence-corrected chi connectivity index (χ4v) is 6.60. The second-order valence-corrected chi connectivity index (χ2v) is 12.7. The van der Waals surface area contributed by atoms with Gasteiger partial charge in [0, 0.05) is 62.0 Å². The summed E-state index contributed by atoms with van der Waals surface area (Å²) in [6, 6.07) is 54.5. The summed E-state index contributed by atoms with van der Waals surface area (Å²) in [5.41, 5.74) is 14.0. The monoisotopic (exact) mass is 859 g/mol. The van der Waals surface area contributed by atoms with Gasteiger partial charge in [0.05, 0.1) is 5.52 Å². The first-order valence-corrected chi connectivity index (χ1v) is 17.3. The van der Waals surface area contributed by atoms with Crippen LogP contribution in [0.3, 0.4) is 0 Å². The molecule has 0 aliphatic carbocycles. The minimum Gasteiger partial charge on any atom is -0.305 e. The number of rotatable bonds is 5. The summed E-state index contributed by atoms with van der Waals surface area (Å²) >= 11 is 0. The number of aromatic nitrogens is 4. The normalized spacial score (nSPS) is 10.7. The van der Waals surface area contributed by atoms with E-state index in [4.69, 9.17) is 4.98 Å². The predicted octanol–water partition coefficient (Wildman–Crippen LogP) is 11.8. The van der Waals surface area contributed by atoms with Gasteiger partial charge in [0.15, 0.2) is 0 Å². The number of pyridine rings is 4. The number of hydrogen-bond donors (Lipinski definition) is 0. The molecular weight excluding hydrogens is 825 g/mol. The maximum atomic E-state index is 4.73. The van der Waals surface area contributed by atoms with E-state index in [0.29, 0.717) is 0 Å². The third kappa shape index (κ3) is 7.73. The molecule has 9 rings (SSSR count). The Morgan fingerprint density at radius 2 is 1.13 bits per heavy atom. The topological polar surface area (TPSA) is 51.6 Å². The second kappa shape index (κ2) is 16.0. The van der Waals surface area contributed by atoms with Crippen LogP contribution in [0.25, 0.3) is 77.6 Å². The van der Waals surface area contributed by atoms with E-state index in [0.717, 1.165) is 77.9 Å². The van der Waals surface area contributed by atoms with Crippen LogP contribution >= 0.6 is 0 Å². The SMILES string of the molecule is Cc1cncc(-c2cc(-c3cc(-c4ccccn4)[c-]cc3C)cc(-c3cc4ncccc4c4ccccc34)c2)c1.[Ir].[c-]1ccccc1-c1ccccn1. The predicted molar refractivity (Wildman–Crippen MR) is 213 cm³/mol. The van der Waals surface area contributed by atoms with Gasteiger partial charge < -0.3 is 9.97 Å². The first-order valence-electron chi connectivity index (χ1n) is 17.3. The van der Waals surface area contributed by atoms with Gasteiger partial charge in [-0.05, 0) is 105 Å². The molecule has 5 aromatic carbocycles. The van der Waals surface area contributed by atoms with Gasteiger partial charge in [-0.3, -0.25) is 9.97 Å². The van der Waals surface area contributed by atoms with Gasteiger partial charge in [0.1, 0.15) is 0 Å². The third-order valence-corrected chi connectivity index (χ3v) is 9.14. The average molecular weight is 859 g/mol. The first-order chi connectivity index (χ1) is 25.6. The smallest absolute Gasteiger partial charge is 0.0714 e. The number of benzene rings is 5. The zero-order chi connectivity index (χ0) is 35.3.